The van der Waals surface area contributed by atoms with E-state index in [-0.39, 0.29) is 35.8 Å². The zero-order valence-electron chi connectivity index (χ0n) is 19.9. The summed E-state index contributed by atoms with van der Waals surface area (Å²) in [4.78, 5) is 32.9. The number of nitrogens with zero attached hydrogens (tertiary/aromatic N) is 3. The Morgan fingerprint density at radius 3 is 2.33 bits per heavy atom. The summed E-state index contributed by atoms with van der Waals surface area (Å²) in [5, 5.41) is 9.76. The Bertz CT molecular complexity index is 770. The van der Waals surface area contributed by atoms with Gasteiger partial charge in [0, 0.05) is 58.8 Å². The first kappa shape index (κ1) is 27.4. The number of carbonyl (C=O) groups excluding carboxylic acids is 2. The van der Waals surface area contributed by atoms with Crippen molar-refractivity contribution in [2.75, 3.05) is 39.8 Å². The van der Waals surface area contributed by atoms with E-state index in [1.54, 1.807) is 7.05 Å². The summed E-state index contributed by atoms with van der Waals surface area (Å²) in [5.74, 6) is 1.11. The van der Waals surface area contributed by atoms with E-state index < -0.39 is 0 Å². The molecule has 0 atom stereocenters. The molecule has 3 rings (SSSR count). The topological polar surface area (TPSA) is 89.1 Å². The summed E-state index contributed by atoms with van der Waals surface area (Å²) in [6.45, 7) is 7.26. The molecule has 0 aromatic heterocycles. The van der Waals surface area contributed by atoms with Gasteiger partial charge in [-0.2, -0.15) is 0 Å². The minimum absolute atomic E-state index is 0. The molecule has 0 spiro atoms. The van der Waals surface area contributed by atoms with Crippen molar-refractivity contribution in [1.82, 2.24) is 25.8 Å². The fourth-order valence-corrected chi connectivity index (χ4v) is 4.26. The molecule has 9 heteroatoms. The molecule has 0 unspecified atom stereocenters. The van der Waals surface area contributed by atoms with Gasteiger partial charge in [0.2, 0.25) is 11.8 Å². The van der Waals surface area contributed by atoms with Crippen molar-refractivity contribution in [3.05, 3.63) is 35.4 Å². The first-order chi connectivity index (χ1) is 15.6. The number of halogens is 1. The van der Waals surface area contributed by atoms with E-state index in [0.29, 0.717) is 25.6 Å². The van der Waals surface area contributed by atoms with Crippen molar-refractivity contribution < 1.29 is 9.59 Å². The SMILES string of the molecule is CCCNC(=O)CN1CCC(NC(=NC)NCCCC(=O)N2Cc3ccccc3C2)CC1.I. The molecule has 2 aliphatic rings. The predicted octanol–water partition coefficient (Wildman–Crippen LogP) is 2.08. The molecule has 1 aromatic carbocycles. The lowest BCUT2D eigenvalue weighted by atomic mass is 10.1. The molecule has 1 aromatic rings. The average Bonchev–Trinajstić information content (AvgIpc) is 3.25. The fourth-order valence-electron chi connectivity index (χ4n) is 4.26. The van der Waals surface area contributed by atoms with Gasteiger partial charge in [0.05, 0.1) is 6.54 Å². The number of likely N-dealkylation sites (tertiary alicyclic amines) is 1. The molecule has 1 fully saturated rings. The summed E-state index contributed by atoms with van der Waals surface area (Å²) in [6, 6.07) is 8.62. The van der Waals surface area contributed by atoms with Crippen LogP contribution in [-0.4, -0.2) is 73.4 Å². The van der Waals surface area contributed by atoms with E-state index in [1.165, 1.54) is 11.1 Å². The number of guanidine groups is 1. The lowest BCUT2D eigenvalue weighted by molar-refractivity contribution is -0.131. The van der Waals surface area contributed by atoms with Crippen LogP contribution in [0.1, 0.15) is 50.2 Å². The summed E-state index contributed by atoms with van der Waals surface area (Å²) >= 11 is 0. The van der Waals surface area contributed by atoms with Crippen molar-refractivity contribution in [3.63, 3.8) is 0 Å². The molecule has 184 valence electrons. The number of aliphatic imine (C=N–C) groups is 1. The second-order valence-corrected chi connectivity index (χ2v) is 8.67. The maximum atomic E-state index is 12.5. The maximum Gasteiger partial charge on any atom is 0.234 e. The van der Waals surface area contributed by atoms with Crippen molar-refractivity contribution >= 4 is 41.8 Å². The second kappa shape index (κ2) is 14.4. The van der Waals surface area contributed by atoms with Gasteiger partial charge in [-0.05, 0) is 36.8 Å². The third kappa shape index (κ3) is 8.77. The van der Waals surface area contributed by atoms with Crippen LogP contribution in [0.15, 0.2) is 29.3 Å². The third-order valence-corrected chi connectivity index (χ3v) is 6.14. The molecule has 8 nitrogen and oxygen atoms in total. The molecular formula is C24H39IN6O2. The smallest absolute Gasteiger partial charge is 0.234 e. The van der Waals surface area contributed by atoms with Crippen LogP contribution in [0.5, 0.6) is 0 Å². The Hall–Kier alpha value is -1.88. The fraction of sp³-hybridized carbons (Fsp3) is 0.625. The Morgan fingerprint density at radius 1 is 1.06 bits per heavy atom. The van der Waals surface area contributed by atoms with E-state index in [9.17, 15) is 9.59 Å². The van der Waals surface area contributed by atoms with Crippen LogP contribution in [0.2, 0.25) is 0 Å². The minimum Gasteiger partial charge on any atom is -0.356 e. The number of hydrogen-bond donors (Lipinski definition) is 3. The molecule has 1 saturated heterocycles. The van der Waals surface area contributed by atoms with Gasteiger partial charge in [-0.3, -0.25) is 19.5 Å². The standard InChI is InChI=1S/C24H38N6O2.HI/c1-3-12-26-22(31)18-29-14-10-21(11-15-29)28-24(25-2)27-13-6-9-23(32)30-16-19-7-4-5-8-20(19)17-30;/h4-5,7-8,21H,3,6,9-18H2,1-2H3,(H,26,31)(H2,25,27,28);1H. The van der Waals surface area contributed by atoms with Gasteiger partial charge in [0.25, 0.3) is 0 Å². The van der Waals surface area contributed by atoms with Crippen LogP contribution in [-0.2, 0) is 22.7 Å². The Balaban J connectivity index is 0.00000385. The Labute approximate surface area is 215 Å². The average molecular weight is 571 g/mol. The third-order valence-electron chi connectivity index (χ3n) is 6.14. The lowest BCUT2D eigenvalue weighted by Crippen LogP contribution is -2.50. The zero-order valence-corrected chi connectivity index (χ0v) is 22.3. The molecule has 33 heavy (non-hydrogen) atoms. The van der Waals surface area contributed by atoms with Crippen LogP contribution in [0.3, 0.4) is 0 Å². The number of benzene rings is 1. The molecule has 0 bridgehead atoms. The van der Waals surface area contributed by atoms with Crippen LogP contribution in [0, 0.1) is 0 Å². The largest absolute Gasteiger partial charge is 0.356 e. The molecule has 2 amide bonds. The number of carbonyl (C=O) groups is 2. The number of nitrogens with one attached hydrogen (secondary N) is 3. The maximum absolute atomic E-state index is 12.5. The summed E-state index contributed by atoms with van der Waals surface area (Å²) in [7, 11) is 1.77. The highest BCUT2D eigenvalue weighted by Crippen LogP contribution is 2.22. The van der Waals surface area contributed by atoms with Gasteiger partial charge in [-0.25, -0.2) is 0 Å². The zero-order chi connectivity index (χ0) is 22.8. The van der Waals surface area contributed by atoms with E-state index in [0.717, 1.165) is 64.4 Å². The van der Waals surface area contributed by atoms with Gasteiger partial charge in [-0.1, -0.05) is 31.2 Å². The normalized spacial score (nSPS) is 16.7. The van der Waals surface area contributed by atoms with Crippen molar-refractivity contribution in [2.45, 2.75) is 58.2 Å². The number of rotatable bonds is 9. The first-order valence-corrected chi connectivity index (χ1v) is 11.9. The summed E-state index contributed by atoms with van der Waals surface area (Å²) in [6.07, 6.45) is 4.24. The van der Waals surface area contributed by atoms with Crippen molar-refractivity contribution in [3.8, 4) is 0 Å². The molecule has 0 radical (unpaired) electrons. The molecule has 2 heterocycles. The Morgan fingerprint density at radius 2 is 1.73 bits per heavy atom. The van der Waals surface area contributed by atoms with Gasteiger partial charge < -0.3 is 20.9 Å². The van der Waals surface area contributed by atoms with Crippen molar-refractivity contribution in [2.24, 2.45) is 4.99 Å². The highest BCUT2D eigenvalue weighted by molar-refractivity contribution is 14.0. The van der Waals surface area contributed by atoms with Gasteiger partial charge in [0.15, 0.2) is 5.96 Å². The van der Waals surface area contributed by atoms with E-state index in [1.807, 2.05) is 17.0 Å². The number of amides is 2. The molecular weight excluding hydrogens is 531 g/mol. The van der Waals surface area contributed by atoms with Gasteiger partial charge in [0.1, 0.15) is 0 Å². The van der Waals surface area contributed by atoms with Crippen LogP contribution in [0.25, 0.3) is 0 Å². The number of fused-ring (bicyclic) bond motifs is 1. The molecule has 3 N–H and O–H groups in total. The van der Waals surface area contributed by atoms with Crippen molar-refractivity contribution in [1.29, 1.82) is 0 Å². The lowest BCUT2D eigenvalue weighted by Gasteiger charge is -2.32. The number of piperidine rings is 1. The second-order valence-electron chi connectivity index (χ2n) is 8.67. The molecule has 0 saturated carbocycles. The summed E-state index contributed by atoms with van der Waals surface area (Å²) < 4.78 is 0. The number of hydrogen-bond acceptors (Lipinski definition) is 4. The van der Waals surface area contributed by atoms with Crippen LogP contribution < -0.4 is 16.0 Å². The molecule has 0 aliphatic carbocycles. The molecule has 2 aliphatic heterocycles. The van der Waals surface area contributed by atoms with Gasteiger partial charge >= 0.3 is 0 Å². The highest BCUT2D eigenvalue weighted by atomic mass is 127. The van der Waals surface area contributed by atoms with Crippen LogP contribution in [0.4, 0.5) is 0 Å². The van der Waals surface area contributed by atoms with Gasteiger partial charge in [-0.15, -0.1) is 24.0 Å². The van der Waals surface area contributed by atoms with E-state index in [2.05, 4.69) is 44.9 Å². The minimum atomic E-state index is 0. The first-order valence-electron chi connectivity index (χ1n) is 11.9. The monoisotopic (exact) mass is 570 g/mol. The Kier molecular flexibility index (Phi) is 11.9. The highest BCUT2D eigenvalue weighted by Gasteiger charge is 2.23. The van der Waals surface area contributed by atoms with E-state index >= 15 is 0 Å². The van der Waals surface area contributed by atoms with E-state index in [4.69, 9.17) is 0 Å². The quantitative estimate of drug-likeness (QED) is 0.183. The predicted molar refractivity (Wildman–Crippen MR) is 143 cm³/mol. The summed E-state index contributed by atoms with van der Waals surface area (Å²) in [5.41, 5.74) is 2.52. The van der Waals surface area contributed by atoms with Crippen LogP contribution >= 0.6 is 24.0 Å².